The summed E-state index contributed by atoms with van der Waals surface area (Å²) >= 11 is 0. The van der Waals surface area contributed by atoms with Gasteiger partial charge >= 0.3 is 0 Å². The second-order valence-corrected chi connectivity index (χ2v) is 8.43. The van der Waals surface area contributed by atoms with Gasteiger partial charge in [0.1, 0.15) is 5.82 Å². The van der Waals surface area contributed by atoms with Crippen LogP contribution in [0.4, 0.5) is 17.5 Å². The molecule has 0 saturated carbocycles. The lowest BCUT2D eigenvalue weighted by molar-refractivity contribution is -0.123. The Balaban J connectivity index is 1.64. The van der Waals surface area contributed by atoms with Crippen LogP contribution in [0.15, 0.2) is 23.0 Å². The molecule has 8 heteroatoms. The van der Waals surface area contributed by atoms with E-state index in [-0.39, 0.29) is 35.2 Å². The van der Waals surface area contributed by atoms with Gasteiger partial charge in [-0.1, -0.05) is 19.1 Å². The van der Waals surface area contributed by atoms with Gasteiger partial charge in [0.25, 0.3) is 5.56 Å². The average Bonchev–Trinajstić information content (AvgIpc) is 2.70. The number of anilines is 3. The van der Waals surface area contributed by atoms with Gasteiger partial charge in [0.05, 0.1) is 11.5 Å². The Hall–Kier alpha value is -3.16. The summed E-state index contributed by atoms with van der Waals surface area (Å²) in [5.41, 5.74) is 2.44. The fourth-order valence-electron chi connectivity index (χ4n) is 4.04. The number of hydrogen-bond donors (Lipinski definition) is 3. The van der Waals surface area contributed by atoms with Gasteiger partial charge < -0.3 is 15.5 Å². The first-order valence-corrected chi connectivity index (χ1v) is 10.4. The van der Waals surface area contributed by atoms with Crippen LogP contribution in [0.25, 0.3) is 0 Å². The highest BCUT2D eigenvalue weighted by molar-refractivity contribution is 6.04. The van der Waals surface area contributed by atoms with Crippen molar-refractivity contribution < 1.29 is 9.59 Å². The van der Waals surface area contributed by atoms with Crippen molar-refractivity contribution in [1.82, 2.24) is 9.97 Å². The number of benzene rings is 1. The molecule has 0 unspecified atom stereocenters. The van der Waals surface area contributed by atoms with Gasteiger partial charge in [0, 0.05) is 25.2 Å². The second-order valence-electron chi connectivity index (χ2n) is 8.43. The third-order valence-electron chi connectivity index (χ3n) is 5.99. The van der Waals surface area contributed by atoms with Crippen LogP contribution in [0, 0.1) is 19.8 Å². The van der Waals surface area contributed by atoms with E-state index in [9.17, 15) is 14.4 Å². The van der Waals surface area contributed by atoms with Gasteiger partial charge in [-0.3, -0.25) is 19.4 Å². The van der Waals surface area contributed by atoms with Crippen LogP contribution in [0.3, 0.4) is 0 Å². The third-order valence-corrected chi connectivity index (χ3v) is 5.99. The number of carbonyl (C=O) groups excluding carboxylic acids is 2. The number of nitrogens with zero attached hydrogens (tertiary/aromatic N) is 2. The van der Waals surface area contributed by atoms with Crippen LogP contribution in [0.1, 0.15) is 48.8 Å². The highest BCUT2D eigenvalue weighted by Gasteiger charge is 2.35. The molecule has 1 fully saturated rings. The number of aromatic amines is 1. The Kier molecular flexibility index (Phi) is 5.32. The van der Waals surface area contributed by atoms with Crippen molar-refractivity contribution in [2.75, 3.05) is 28.6 Å². The summed E-state index contributed by atoms with van der Waals surface area (Å²) in [6.07, 6.45) is 1.96. The van der Waals surface area contributed by atoms with Gasteiger partial charge in [-0.25, -0.2) is 0 Å². The maximum atomic E-state index is 13.0. The molecular formula is C22H27N5O3. The fourth-order valence-corrected chi connectivity index (χ4v) is 4.04. The van der Waals surface area contributed by atoms with E-state index in [1.807, 2.05) is 36.9 Å². The van der Waals surface area contributed by atoms with Crippen LogP contribution in [0.2, 0.25) is 0 Å². The van der Waals surface area contributed by atoms with Crippen LogP contribution in [-0.4, -0.2) is 34.9 Å². The molecule has 3 N–H and O–H groups in total. The molecule has 1 atom stereocenters. The van der Waals surface area contributed by atoms with E-state index in [1.165, 1.54) is 0 Å². The summed E-state index contributed by atoms with van der Waals surface area (Å²) in [6.45, 7) is 7.65. The summed E-state index contributed by atoms with van der Waals surface area (Å²) in [5, 5.41) is 5.56. The topological polar surface area (TPSA) is 107 Å². The van der Waals surface area contributed by atoms with Crippen molar-refractivity contribution in [2.45, 2.75) is 46.0 Å². The molecule has 1 aromatic heterocycles. The molecule has 3 heterocycles. The van der Waals surface area contributed by atoms with Gasteiger partial charge in [-0.05, 0) is 49.8 Å². The molecule has 30 heavy (non-hydrogen) atoms. The minimum Gasteiger partial charge on any atom is -0.342 e. The number of hydrogen-bond acceptors (Lipinski definition) is 5. The number of aromatic nitrogens is 2. The molecule has 4 rings (SSSR count). The second kappa shape index (κ2) is 7.93. The molecule has 2 aromatic rings. The van der Waals surface area contributed by atoms with Crippen LogP contribution in [0.5, 0.6) is 0 Å². The van der Waals surface area contributed by atoms with Crippen molar-refractivity contribution in [3.63, 3.8) is 0 Å². The lowest BCUT2D eigenvalue weighted by atomic mass is 9.92. The molecule has 1 aromatic carbocycles. The van der Waals surface area contributed by atoms with Crippen molar-refractivity contribution in [3.8, 4) is 0 Å². The zero-order valence-corrected chi connectivity index (χ0v) is 17.5. The van der Waals surface area contributed by atoms with Gasteiger partial charge in [0.15, 0.2) is 0 Å². The van der Waals surface area contributed by atoms with Crippen LogP contribution < -0.4 is 21.1 Å². The van der Waals surface area contributed by atoms with Crippen molar-refractivity contribution >= 4 is 29.3 Å². The summed E-state index contributed by atoms with van der Waals surface area (Å²) in [4.78, 5) is 47.6. The average molecular weight is 409 g/mol. The van der Waals surface area contributed by atoms with Gasteiger partial charge in [0.2, 0.25) is 17.8 Å². The minimum atomic E-state index is -0.889. The first-order chi connectivity index (χ1) is 14.3. The molecule has 1 saturated heterocycles. The number of amides is 2. The fraction of sp³-hybridized carbons (Fsp3) is 0.455. The summed E-state index contributed by atoms with van der Waals surface area (Å²) in [6, 6.07) is 5.76. The Morgan fingerprint density at radius 3 is 2.67 bits per heavy atom. The van der Waals surface area contributed by atoms with Crippen LogP contribution >= 0.6 is 0 Å². The number of piperidine rings is 1. The first kappa shape index (κ1) is 20.1. The molecule has 0 bridgehead atoms. The number of carbonyl (C=O) groups is 2. The predicted octanol–water partition coefficient (Wildman–Crippen LogP) is 2.69. The van der Waals surface area contributed by atoms with Gasteiger partial charge in [-0.2, -0.15) is 4.98 Å². The largest absolute Gasteiger partial charge is 0.342 e. The Labute approximate surface area is 175 Å². The van der Waals surface area contributed by atoms with E-state index in [0.717, 1.165) is 37.1 Å². The zero-order chi connectivity index (χ0) is 21.4. The van der Waals surface area contributed by atoms with Crippen molar-refractivity contribution in [3.05, 3.63) is 45.2 Å². The smallest absolute Gasteiger partial charge is 0.258 e. The molecule has 0 aliphatic carbocycles. The molecule has 158 valence electrons. The summed E-state index contributed by atoms with van der Waals surface area (Å²) in [5.74, 6) is -0.318. The highest BCUT2D eigenvalue weighted by Crippen LogP contribution is 2.31. The number of rotatable bonds is 3. The van der Waals surface area contributed by atoms with Crippen LogP contribution in [-0.2, 0) is 9.59 Å². The quantitative estimate of drug-likeness (QED) is 0.723. The van der Waals surface area contributed by atoms with E-state index in [4.69, 9.17) is 0 Å². The lowest BCUT2D eigenvalue weighted by Gasteiger charge is -2.31. The Bertz CT molecular complexity index is 1050. The van der Waals surface area contributed by atoms with E-state index >= 15 is 0 Å². The number of fused-ring (bicyclic) bond motifs is 1. The zero-order valence-electron chi connectivity index (χ0n) is 17.5. The third kappa shape index (κ3) is 3.94. The van der Waals surface area contributed by atoms with E-state index < -0.39 is 5.92 Å². The van der Waals surface area contributed by atoms with Gasteiger partial charge in [-0.15, -0.1) is 0 Å². The van der Waals surface area contributed by atoms with Crippen molar-refractivity contribution in [2.24, 2.45) is 5.92 Å². The van der Waals surface area contributed by atoms with E-state index in [1.54, 1.807) is 0 Å². The molecule has 2 aliphatic rings. The molecule has 2 aliphatic heterocycles. The minimum absolute atomic E-state index is 0.0883. The number of nitrogens with one attached hydrogen (secondary N) is 3. The highest BCUT2D eigenvalue weighted by atomic mass is 16.2. The Morgan fingerprint density at radius 1 is 1.20 bits per heavy atom. The predicted molar refractivity (Wildman–Crippen MR) is 116 cm³/mol. The molecule has 0 radical (unpaired) electrons. The number of aryl methyl sites for hydroxylation is 2. The van der Waals surface area contributed by atoms with E-state index in [2.05, 4.69) is 27.5 Å². The Morgan fingerprint density at radius 2 is 1.93 bits per heavy atom. The number of H-pyrrole nitrogens is 1. The molecule has 2 amide bonds. The molecular weight excluding hydrogens is 382 g/mol. The standard InChI is InChI=1S/C22H27N5O3/c1-12-6-8-27(9-7-12)22-25-19-18(21(30)26-22)15(11-17(28)24-19)20(29)23-16-10-13(2)4-5-14(16)3/h4-5,10,12,15H,6-9,11H2,1-3H3,(H,23,29)(H2,24,25,26,28,30)/t15-/m1/s1. The summed E-state index contributed by atoms with van der Waals surface area (Å²) in [7, 11) is 0. The summed E-state index contributed by atoms with van der Waals surface area (Å²) < 4.78 is 0. The maximum absolute atomic E-state index is 13.0. The lowest BCUT2D eigenvalue weighted by Crippen LogP contribution is -2.39. The van der Waals surface area contributed by atoms with E-state index in [0.29, 0.717) is 17.6 Å². The van der Waals surface area contributed by atoms with Crippen molar-refractivity contribution in [1.29, 1.82) is 0 Å². The maximum Gasteiger partial charge on any atom is 0.258 e. The SMILES string of the molecule is Cc1ccc(C)c(NC(=O)[C@@H]2CC(=O)Nc3nc(N4CCC(C)CC4)[nH]c(=O)c32)c1. The normalized spacial score (nSPS) is 19.2. The first-order valence-electron chi connectivity index (χ1n) is 10.4. The molecule has 8 nitrogen and oxygen atoms in total. The molecule has 0 spiro atoms. The monoisotopic (exact) mass is 409 g/mol.